The van der Waals surface area contributed by atoms with E-state index in [0.29, 0.717) is 0 Å². The summed E-state index contributed by atoms with van der Waals surface area (Å²) >= 11 is 0. The third-order valence-electron chi connectivity index (χ3n) is 0.543. The van der Waals surface area contributed by atoms with Gasteiger partial charge in [-0.25, -0.2) is 9.47 Å². The van der Waals surface area contributed by atoms with Crippen LogP contribution >= 0.6 is 0 Å². The SMILES string of the molecule is O=[N+]([O-])N=NOc1[c]non1. The van der Waals surface area contributed by atoms with E-state index < -0.39 is 5.03 Å². The Morgan fingerprint density at radius 1 is 1.82 bits per heavy atom. The van der Waals surface area contributed by atoms with Gasteiger partial charge in [0.1, 0.15) is 0 Å². The summed E-state index contributed by atoms with van der Waals surface area (Å²) < 4.78 is 4.02. The molecule has 0 amide bonds. The average Bonchev–Trinajstić information content (AvgIpc) is 2.39. The van der Waals surface area contributed by atoms with Crippen molar-refractivity contribution >= 4 is 0 Å². The van der Waals surface area contributed by atoms with Gasteiger partial charge in [0, 0.05) is 0 Å². The molecule has 0 fully saturated rings. The van der Waals surface area contributed by atoms with Gasteiger partial charge in [0.15, 0.2) is 0 Å². The summed E-state index contributed by atoms with van der Waals surface area (Å²) in [4.78, 5) is 13.7. The molecule has 0 spiro atoms. The first-order valence-corrected chi connectivity index (χ1v) is 2.21. The Balaban J connectivity index is 2.40. The van der Waals surface area contributed by atoms with Crippen molar-refractivity contribution in [3.63, 3.8) is 0 Å². The molecular formula is C2N5O4. The van der Waals surface area contributed by atoms with Crippen molar-refractivity contribution in [3.05, 3.63) is 16.3 Å². The summed E-state index contributed by atoms with van der Waals surface area (Å²) in [5.41, 5.74) is 0. The number of nitro groups is 1. The predicted octanol–water partition coefficient (Wildman–Crippen LogP) is -0.193. The van der Waals surface area contributed by atoms with Crippen LogP contribution in [0.4, 0.5) is 0 Å². The minimum Gasteiger partial charge on any atom is -0.337 e. The van der Waals surface area contributed by atoms with Crippen molar-refractivity contribution in [2.45, 2.75) is 0 Å². The highest BCUT2D eigenvalue weighted by Gasteiger charge is 2.02. The van der Waals surface area contributed by atoms with Gasteiger partial charge in [-0.2, -0.15) is 0 Å². The van der Waals surface area contributed by atoms with Gasteiger partial charge in [-0.1, -0.05) is 0 Å². The zero-order chi connectivity index (χ0) is 8.10. The van der Waals surface area contributed by atoms with E-state index in [4.69, 9.17) is 0 Å². The molecule has 9 heteroatoms. The van der Waals surface area contributed by atoms with E-state index in [0.717, 1.165) is 0 Å². The number of nitrogens with zero attached hydrogens (tertiary/aromatic N) is 5. The van der Waals surface area contributed by atoms with Crippen LogP contribution in [0.15, 0.2) is 15.1 Å². The summed E-state index contributed by atoms with van der Waals surface area (Å²) in [5.74, 6) is -0.226. The van der Waals surface area contributed by atoms with Gasteiger partial charge >= 0.3 is 5.88 Å². The van der Waals surface area contributed by atoms with Gasteiger partial charge in [0.25, 0.3) is 5.28 Å². The van der Waals surface area contributed by atoms with Crippen LogP contribution in [0.1, 0.15) is 0 Å². The summed E-state index contributed by atoms with van der Waals surface area (Å²) in [7, 11) is 0. The zero-order valence-electron chi connectivity index (χ0n) is 4.87. The lowest BCUT2D eigenvalue weighted by molar-refractivity contribution is -0.498. The van der Waals surface area contributed by atoms with Crippen LogP contribution in [-0.4, -0.2) is 15.3 Å². The van der Waals surface area contributed by atoms with E-state index in [1.165, 1.54) is 0 Å². The van der Waals surface area contributed by atoms with Crippen LogP contribution in [0.3, 0.4) is 0 Å². The molecule has 0 aliphatic rings. The van der Waals surface area contributed by atoms with E-state index in [9.17, 15) is 10.1 Å². The third kappa shape index (κ3) is 2.34. The number of hydrogen-bond donors (Lipinski definition) is 0. The van der Waals surface area contributed by atoms with Crippen LogP contribution in [0, 0.1) is 16.3 Å². The van der Waals surface area contributed by atoms with E-state index in [1.807, 2.05) is 0 Å². The lowest BCUT2D eigenvalue weighted by atomic mass is 10.9. The molecule has 0 N–H and O–H groups in total. The average molecular weight is 158 g/mol. The molecule has 1 rings (SSSR count). The Labute approximate surface area is 58.7 Å². The van der Waals surface area contributed by atoms with Crippen LogP contribution in [0.25, 0.3) is 0 Å². The first-order valence-electron chi connectivity index (χ1n) is 2.21. The smallest absolute Gasteiger partial charge is 0.337 e. The molecule has 1 radical (unpaired) electrons. The Hall–Kier alpha value is -2.06. The van der Waals surface area contributed by atoms with Crippen molar-refractivity contribution in [3.8, 4) is 5.88 Å². The maximum absolute atomic E-state index is 9.52. The second-order valence-electron chi connectivity index (χ2n) is 1.18. The monoisotopic (exact) mass is 158 g/mol. The molecule has 0 saturated heterocycles. The molecule has 57 valence electrons. The molecule has 11 heavy (non-hydrogen) atoms. The third-order valence-corrected chi connectivity index (χ3v) is 0.543. The summed E-state index contributed by atoms with van der Waals surface area (Å²) in [6.45, 7) is 0. The van der Waals surface area contributed by atoms with E-state index in [2.05, 4.69) is 36.5 Å². The molecule has 1 heterocycles. The summed E-state index contributed by atoms with van der Waals surface area (Å²) in [6.07, 6.45) is 2.08. The topological polar surface area (TPSA) is 116 Å². The molecule has 0 bridgehead atoms. The highest BCUT2D eigenvalue weighted by atomic mass is 16.7. The van der Waals surface area contributed by atoms with Gasteiger partial charge in [-0.05, 0) is 10.3 Å². The highest BCUT2D eigenvalue weighted by molar-refractivity contribution is 4.92. The minimum atomic E-state index is -1.03. The highest BCUT2D eigenvalue weighted by Crippen LogP contribution is 2.00. The second-order valence-corrected chi connectivity index (χ2v) is 1.18. The molecule has 1 aromatic rings. The maximum atomic E-state index is 9.52. The lowest BCUT2D eigenvalue weighted by Gasteiger charge is -1.75. The van der Waals surface area contributed by atoms with E-state index in [-0.39, 0.29) is 5.88 Å². The standard InChI is InChI=1S/C2N5O4/c8-7(9)5-6-10-2-1-3-11-4-2. The minimum absolute atomic E-state index is 0.226. The quantitative estimate of drug-likeness (QED) is 0.341. The molecule has 0 aromatic carbocycles. The largest absolute Gasteiger partial charge is 0.348 e. The van der Waals surface area contributed by atoms with Crippen molar-refractivity contribution in [2.24, 2.45) is 10.5 Å². The van der Waals surface area contributed by atoms with Gasteiger partial charge in [-0.15, -0.1) is 0 Å². The molecule has 0 atom stereocenters. The predicted molar refractivity (Wildman–Crippen MR) is 25.6 cm³/mol. The fourth-order valence-corrected chi connectivity index (χ4v) is 0.261. The first kappa shape index (κ1) is 7.05. The van der Waals surface area contributed by atoms with Crippen LogP contribution < -0.4 is 4.84 Å². The number of aromatic nitrogens is 2. The maximum Gasteiger partial charge on any atom is 0.348 e. The Kier molecular flexibility index (Phi) is 2.05. The molecule has 0 aliphatic heterocycles. The Morgan fingerprint density at radius 3 is 3.18 bits per heavy atom. The van der Waals surface area contributed by atoms with E-state index in [1.54, 1.807) is 0 Å². The summed E-state index contributed by atoms with van der Waals surface area (Å²) in [6, 6.07) is 0. The molecule has 0 aliphatic carbocycles. The zero-order valence-corrected chi connectivity index (χ0v) is 4.87. The Bertz CT molecular complexity index is 253. The normalized spacial score (nSPS) is 10.2. The van der Waals surface area contributed by atoms with Gasteiger partial charge in [-0.3, -0.25) is 0 Å². The van der Waals surface area contributed by atoms with Crippen LogP contribution in [0.5, 0.6) is 5.88 Å². The van der Waals surface area contributed by atoms with Gasteiger partial charge in [0.2, 0.25) is 11.4 Å². The lowest BCUT2D eigenvalue weighted by Crippen LogP contribution is -1.86. The molecule has 0 saturated carbocycles. The van der Waals surface area contributed by atoms with Crippen LogP contribution in [0.2, 0.25) is 0 Å². The first-order chi connectivity index (χ1) is 5.29. The van der Waals surface area contributed by atoms with Crippen molar-refractivity contribution in [1.82, 2.24) is 10.3 Å². The fraction of sp³-hybridized carbons (Fsp3) is 0. The second kappa shape index (κ2) is 3.20. The van der Waals surface area contributed by atoms with Crippen molar-refractivity contribution in [2.75, 3.05) is 0 Å². The van der Waals surface area contributed by atoms with Crippen molar-refractivity contribution in [1.29, 1.82) is 0 Å². The Morgan fingerprint density at radius 2 is 2.64 bits per heavy atom. The van der Waals surface area contributed by atoms with Gasteiger partial charge in [0.05, 0.1) is 5.03 Å². The molecule has 0 unspecified atom stereocenters. The van der Waals surface area contributed by atoms with E-state index >= 15 is 0 Å². The number of rotatable bonds is 3. The van der Waals surface area contributed by atoms with Crippen molar-refractivity contribution < 1.29 is 14.5 Å². The van der Waals surface area contributed by atoms with Crippen LogP contribution in [-0.2, 0) is 0 Å². The summed E-state index contributed by atoms with van der Waals surface area (Å²) in [5, 5.41) is 19.6. The fourth-order valence-electron chi connectivity index (χ4n) is 0.261. The molecule has 1 aromatic heterocycles. The molecule has 9 nitrogen and oxygen atoms in total. The molecular weight excluding hydrogens is 158 g/mol. The number of hydrogen-bond acceptors (Lipinski definition) is 7. The van der Waals surface area contributed by atoms with Gasteiger partial charge < -0.3 is 10.1 Å².